The summed E-state index contributed by atoms with van der Waals surface area (Å²) in [6.45, 7) is 0.490. The highest BCUT2D eigenvalue weighted by Crippen LogP contribution is 2.31. The van der Waals surface area contributed by atoms with Gasteiger partial charge in [-0.05, 0) is 36.6 Å². The molecule has 1 aromatic heterocycles. The Kier molecular flexibility index (Phi) is 4.73. The van der Waals surface area contributed by atoms with Crippen molar-refractivity contribution in [2.45, 2.75) is 12.8 Å². The second kappa shape index (κ2) is 7.33. The highest BCUT2D eigenvalue weighted by atomic mass is 35.5. The summed E-state index contributed by atoms with van der Waals surface area (Å²) in [5.74, 6) is -0.154. The minimum Gasteiger partial charge on any atom is -0.493 e. The zero-order valence-corrected chi connectivity index (χ0v) is 15.3. The lowest BCUT2D eigenvalue weighted by molar-refractivity contribution is 0.0690. The standard InChI is InChI=1S/C22H18ClNO3/c23-18-11-12-20(16-8-2-1-6-14(16)18)27-13-5-9-17-15-7-3-4-10-19(15)24-21(17)22(25)26/h1-4,6-8,10-12,24H,5,9,13H2,(H,25,26). The molecule has 136 valence electrons. The van der Waals surface area contributed by atoms with Crippen molar-refractivity contribution in [2.24, 2.45) is 0 Å². The van der Waals surface area contributed by atoms with Gasteiger partial charge in [-0.2, -0.15) is 0 Å². The van der Waals surface area contributed by atoms with E-state index in [2.05, 4.69) is 4.98 Å². The molecule has 0 amide bonds. The van der Waals surface area contributed by atoms with Gasteiger partial charge in [-0.1, -0.05) is 54.1 Å². The molecule has 0 radical (unpaired) electrons. The van der Waals surface area contributed by atoms with Gasteiger partial charge in [0.15, 0.2) is 0 Å². The molecule has 2 N–H and O–H groups in total. The Morgan fingerprint density at radius 3 is 2.44 bits per heavy atom. The van der Waals surface area contributed by atoms with Crippen LogP contribution in [0.3, 0.4) is 0 Å². The van der Waals surface area contributed by atoms with Gasteiger partial charge in [0, 0.05) is 26.7 Å². The predicted molar refractivity (Wildman–Crippen MR) is 108 cm³/mol. The first-order valence-corrected chi connectivity index (χ1v) is 9.16. The number of H-pyrrole nitrogens is 1. The fourth-order valence-electron chi connectivity index (χ4n) is 3.43. The van der Waals surface area contributed by atoms with Gasteiger partial charge < -0.3 is 14.8 Å². The second-order valence-electron chi connectivity index (χ2n) is 6.37. The fraction of sp³-hybridized carbons (Fsp3) is 0.136. The number of benzene rings is 3. The van der Waals surface area contributed by atoms with Crippen molar-refractivity contribution >= 4 is 39.2 Å². The van der Waals surface area contributed by atoms with Crippen molar-refractivity contribution in [3.05, 3.63) is 76.9 Å². The van der Waals surface area contributed by atoms with Crippen molar-refractivity contribution in [1.29, 1.82) is 0 Å². The molecule has 0 fully saturated rings. The summed E-state index contributed by atoms with van der Waals surface area (Å²) in [5.41, 5.74) is 1.92. The van der Waals surface area contributed by atoms with Gasteiger partial charge in [-0.25, -0.2) is 4.79 Å². The highest BCUT2D eigenvalue weighted by molar-refractivity contribution is 6.35. The van der Waals surface area contributed by atoms with E-state index in [1.807, 2.05) is 60.7 Å². The van der Waals surface area contributed by atoms with Crippen molar-refractivity contribution in [3.8, 4) is 5.75 Å². The lowest BCUT2D eigenvalue weighted by Crippen LogP contribution is -2.04. The maximum Gasteiger partial charge on any atom is 0.352 e. The molecule has 0 spiro atoms. The summed E-state index contributed by atoms with van der Waals surface area (Å²) in [6, 6.07) is 19.2. The lowest BCUT2D eigenvalue weighted by atomic mass is 10.1. The maximum absolute atomic E-state index is 11.5. The summed E-state index contributed by atoms with van der Waals surface area (Å²) in [7, 11) is 0. The number of halogens is 1. The van der Waals surface area contributed by atoms with Crippen LogP contribution in [-0.2, 0) is 6.42 Å². The Balaban J connectivity index is 1.50. The van der Waals surface area contributed by atoms with Crippen LogP contribution in [0.15, 0.2) is 60.7 Å². The molecule has 3 aromatic carbocycles. The molecular formula is C22H18ClNO3. The largest absolute Gasteiger partial charge is 0.493 e. The topological polar surface area (TPSA) is 62.3 Å². The van der Waals surface area contributed by atoms with Crippen molar-refractivity contribution in [1.82, 2.24) is 4.98 Å². The zero-order valence-electron chi connectivity index (χ0n) is 14.5. The Hall–Kier alpha value is -2.98. The average Bonchev–Trinajstić information content (AvgIpc) is 3.06. The minimum absolute atomic E-state index is 0.258. The van der Waals surface area contributed by atoms with Crippen molar-refractivity contribution < 1.29 is 14.6 Å². The number of nitrogens with one attached hydrogen (secondary N) is 1. The number of hydrogen-bond acceptors (Lipinski definition) is 2. The van der Waals surface area contributed by atoms with Gasteiger partial charge in [0.05, 0.1) is 6.61 Å². The first-order chi connectivity index (χ1) is 13.1. The summed E-state index contributed by atoms with van der Waals surface area (Å²) in [5, 5.41) is 13.1. The van der Waals surface area contributed by atoms with E-state index >= 15 is 0 Å². The summed E-state index contributed by atoms with van der Waals surface area (Å²) in [6.07, 6.45) is 1.33. The molecule has 0 saturated heterocycles. The monoisotopic (exact) mass is 379 g/mol. The van der Waals surface area contributed by atoms with Gasteiger partial charge in [0.25, 0.3) is 0 Å². The summed E-state index contributed by atoms with van der Waals surface area (Å²) in [4.78, 5) is 14.5. The van der Waals surface area contributed by atoms with E-state index in [1.165, 1.54) is 0 Å². The molecule has 4 nitrogen and oxygen atoms in total. The number of aromatic carboxylic acids is 1. The van der Waals surface area contributed by atoms with Gasteiger partial charge in [-0.15, -0.1) is 0 Å². The number of carboxylic acids is 1. The van der Waals surface area contributed by atoms with E-state index in [0.717, 1.165) is 33.0 Å². The molecule has 0 atom stereocenters. The number of aromatic nitrogens is 1. The van der Waals surface area contributed by atoms with Crippen LogP contribution in [0.1, 0.15) is 22.5 Å². The normalized spacial score (nSPS) is 11.1. The number of fused-ring (bicyclic) bond motifs is 2. The van der Waals surface area contributed by atoms with Gasteiger partial charge in [0.1, 0.15) is 11.4 Å². The molecule has 0 saturated carbocycles. The quantitative estimate of drug-likeness (QED) is 0.423. The van der Waals surface area contributed by atoms with E-state index < -0.39 is 5.97 Å². The molecule has 1 heterocycles. The van der Waals surface area contributed by atoms with Crippen LogP contribution in [0.2, 0.25) is 5.02 Å². The molecule has 0 aliphatic carbocycles. The van der Waals surface area contributed by atoms with E-state index in [1.54, 1.807) is 0 Å². The molecule has 0 aliphatic rings. The number of aryl methyl sites for hydroxylation is 1. The molecule has 4 aromatic rings. The maximum atomic E-state index is 11.5. The predicted octanol–water partition coefficient (Wildman–Crippen LogP) is 5.68. The molecule has 0 aliphatic heterocycles. The van der Waals surface area contributed by atoms with E-state index in [0.29, 0.717) is 24.5 Å². The van der Waals surface area contributed by atoms with Crippen LogP contribution in [0.25, 0.3) is 21.7 Å². The molecule has 5 heteroatoms. The first-order valence-electron chi connectivity index (χ1n) is 8.78. The van der Waals surface area contributed by atoms with Crippen molar-refractivity contribution in [2.75, 3.05) is 6.61 Å². The van der Waals surface area contributed by atoms with Crippen LogP contribution < -0.4 is 4.74 Å². The van der Waals surface area contributed by atoms with Gasteiger partial charge >= 0.3 is 5.97 Å². The van der Waals surface area contributed by atoms with Crippen molar-refractivity contribution in [3.63, 3.8) is 0 Å². The SMILES string of the molecule is O=C(O)c1[nH]c2ccccc2c1CCCOc1ccc(Cl)c2ccccc12. The lowest BCUT2D eigenvalue weighted by Gasteiger charge is -2.10. The fourth-order valence-corrected chi connectivity index (χ4v) is 3.66. The van der Waals surface area contributed by atoms with Crippen LogP contribution in [0.5, 0.6) is 5.75 Å². The number of ether oxygens (including phenoxy) is 1. The third-order valence-corrected chi connectivity index (χ3v) is 5.02. The number of rotatable bonds is 6. The molecule has 27 heavy (non-hydrogen) atoms. The third-order valence-electron chi connectivity index (χ3n) is 4.69. The molecule has 4 rings (SSSR count). The van der Waals surface area contributed by atoms with Crippen LogP contribution in [-0.4, -0.2) is 22.7 Å². The number of aromatic amines is 1. The number of carbonyl (C=O) groups is 1. The number of para-hydroxylation sites is 1. The molecule has 0 bridgehead atoms. The van der Waals surface area contributed by atoms with Crippen LogP contribution in [0.4, 0.5) is 0 Å². The van der Waals surface area contributed by atoms with Gasteiger partial charge in [0.2, 0.25) is 0 Å². The van der Waals surface area contributed by atoms with Gasteiger partial charge in [-0.3, -0.25) is 0 Å². The Bertz CT molecular complexity index is 1130. The minimum atomic E-state index is -0.939. The second-order valence-corrected chi connectivity index (χ2v) is 6.78. The number of hydrogen-bond donors (Lipinski definition) is 2. The van der Waals surface area contributed by atoms with Crippen LogP contribution >= 0.6 is 11.6 Å². The Labute approximate surface area is 161 Å². The number of carboxylic acid groups (broad SMARTS) is 1. The Morgan fingerprint density at radius 1 is 0.963 bits per heavy atom. The average molecular weight is 380 g/mol. The molecular weight excluding hydrogens is 362 g/mol. The van der Waals surface area contributed by atoms with E-state index in [9.17, 15) is 9.90 Å². The zero-order chi connectivity index (χ0) is 18.8. The Morgan fingerprint density at radius 2 is 1.67 bits per heavy atom. The van der Waals surface area contributed by atoms with Crippen LogP contribution in [0, 0.1) is 0 Å². The summed E-state index contributed by atoms with van der Waals surface area (Å²) >= 11 is 6.25. The highest BCUT2D eigenvalue weighted by Gasteiger charge is 2.16. The first kappa shape index (κ1) is 17.4. The molecule has 0 unspecified atom stereocenters. The smallest absolute Gasteiger partial charge is 0.352 e. The summed E-state index contributed by atoms with van der Waals surface area (Å²) < 4.78 is 5.97. The third kappa shape index (κ3) is 3.36. The van der Waals surface area contributed by atoms with E-state index in [-0.39, 0.29) is 5.69 Å². The van der Waals surface area contributed by atoms with E-state index in [4.69, 9.17) is 16.3 Å².